The fourth-order valence-corrected chi connectivity index (χ4v) is 0.442. The fraction of sp³-hybridized carbons (Fsp3) is 1.00. The molecular formula is C4H12N2O. The van der Waals surface area contributed by atoms with Crippen LogP contribution in [0.3, 0.4) is 0 Å². The molecule has 0 bridgehead atoms. The van der Waals surface area contributed by atoms with E-state index in [-0.39, 0.29) is 0 Å². The van der Waals surface area contributed by atoms with Gasteiger partial charge in [-0.05, 0) is 0 Å². The number of aliphatic hydroxyl groups is 1. The Morgan fingerprint density at radius 3 is 1.71 bits per heavy atom. The van der Waals surface area contributed by atoms with Crippen molar-refractivity contribution in [2.24, 2.45) is 0 Å². The lowest BCUT2D eigenvalue weighted by Gasteiger charge is -1.77. The first-order valence-corrected chi connectivity index (χ1v) is 2.36. The van der Waals surface area contributed by atoms with E-state index in [1.54, 1.807) is 0 Å². The topological polar surface area (TPSA) is 44.3 Å². The van der Waals surface area contributed by atoms with Gasteiger partial charge in [-0.2, -0.15) is 0 Å². The fourth-order valence-electron chi connectivity index (χ4n) is 0.442. The maximum Gasteiger partial charge on any atom is 0.0455 e. The lowest BCUT2D eigenvalue weighted by atomic mass is 10.7. The maximum absolute atomic E-state index is 7.00. The molecule has 3 nitrogen and oxygen atoms in total. The van der Waals surface area contributed by atoms with Crippen LogP contribution in [0, 0.1) is 0 Å². The van der Waals surface area contributed by atoms with E-state index in [0.717, 1.165) is 26.9 Å². The molecule has 1 aliphatic rings. The van der Waals surface area contributed by atoms with Crippen molar-refractivity contribution in [2.45, 2.75) is 0 Å². The molecule has 44 valence electrons. The zero-order valence-electron chi connectivity index (χ0n) is 4.57. The molecule has 0 aromatic heterocycles. The Kier molecular flexibility index (Phi) is 5.78. The van der Waals surface area contributed by atoms with Crippen LogP contribution < -0.4 is 10.6 Å². The number of rotatable bonds is 0. The molecule has 3 N–H and O–H groups in total. The van der Waals surface area contributed by atoms with Crippen molar-refractivity contribution < 1.29 is 5.11 Å². The quantitative estimate of drug-likeness (QED) is 0.359. The maximum atomic E-state index is 7.00. The molecule has 1 heterocycles. The van der Waals surface area contributed by atoms with Crippen LogP contribution in [0.4, 0.5) is 0 Å². The standard InChI is InChI=1S/C3H8N2.CH4O/c1-2-5-3-4-1;1-2/h4-5H,1-3H2;2H,1H3. The van der Waals surface area contributed by atoms with Gasteiger partial charge in [0, 0.05) is 26.9 Å². The highest BCUT2D eigenvalue weighted by Gasteiger charge is 1.90. The molecule has 3 heteroatoms. The minimum atomic E-state index is 1.00. The van der Waals surface area contributed by atoms with Gasteiger partial charge in [-0.25, -0.2) is 0 Å². The average molecular weight is 104 g/mol. The van der Waals surface area contributed by atoms with Gasteiger partial charge in [0.15, 0.2) is 0 Å². The highest BCUT2D eigenvalue weighted by atomic mass is 16.2. The van der Waals surface area contributed by atoms with Crippen molar-refractivity contribution in [1.29, 1.82) is 0 Å². The Morgan fingerprint density at radius 2 is 1.57 bits per heavy atom. The molecule has 7 heavy (non-hydrogen) atoms. The van der Waals surface area contributed by atoms with Crippen LogP contribution in [0.5, 0.6) is 0 Å². The number of nitrogens with one attached hydrogen (secondary N) is 2. The van der Waals surface area contributed by atoms with Crippen molar-refractivity contribution in [3.63, 3.8) is 0 Å². The molecule has 0 unspecified atom stereocenters. The number of aliphatic hydroxyl groups excluding tert-OH is 1. The van der Waals surface area contributed by atoms with Crippen LogP contribution in [0.25, 0.3) is 0 Å². The summed E-state index contributed by atoms with van der Waals surface area (Å²) in [6, 6.07) is 0. The summed E-state index contributed by atoms with van der Waals surface area (Å²) in [6.45, 7) is 3.28. The van der Waals surface area contributed by atoms with Crippen LogP contribution in [-0.2, 0) is 0 Å². The minimum Gasteiger partial charge on any atom is -0.400 e. The summed E-state index contributed by atoms with van der Waals surface area (Å²) in [5.41, 5.74) is 0. The lowest BCUT2D eigenvalue weighted by Crippen LogP contribution is -2.11. The third-order valence-corrected chi connectivity index (χ3v) is 0.729. The normalized spacial score (nSPS) is 18.0. The van der Waals surface area contributed by atoms with Crippen LogP contribution in [0.2, 0.25) is 0 Å². The molecule has 0 amide bonds. The molecule has 0 aliphatic carbocycles. The zero-order valence-corrected chi connectivity index (χ0v) is 4.57. The van der Waals surface area contributed by atoms with E-state index in [4.69, 9.17) is 5.11 Å². The molecule has 0 atom stereocenters. The summed E-state index contributed by atoms with van der Waals surface area (Å²) >= 11 is 0. The second-order valence-corrected chi connectivity index (χ2v) is 1.18. The van der Waals surface area contributed by atoms with E-state index in [1.165, 1.54) is 0 Å². The third-order valence-electron chi connectivity index (χ3n) is 0.729. The Labute approximate surface area is 43.7 Å². The van der Waals surface area contributed by atoms with Gasteiger partial charge in [0.1, 0.15) is 0 Å². The predicted molar refractivity (Wildman–Crippen MR) is 29.0 cm³/mol. The second kappa shape index (κ2) is 5.88. The summed E-state index contributed by atoms with van der Waals surface area (Å²) in [5, 5.41) is 13.2. The molecular weight excluding hydrogens is 92.1 g/mol. The highest BCUT2D eigenvalue weighted by molar-refractivity contribution is 4.55. The summed E-state index contributed by atoms with van der Waals surface area (Å²) in [4.78, 5) is 0. The first kappa shape index (κ1) is 6.88. The van der Waals surface area contributed by atoms with Gasteiger partial charge in [-0.15, -0.1) is 0 Å². The summed E-state index contributed by atoms with van der Waals surface area (Å²) in [6.07, 6.45) is 0. The first-order valence-electron chi connectivity index (χ1n) is 2.36. The van der Waals surface area contributed by atoms with Crippen molar-refractivity contribution in [2.75, 3.05) is 26.9 Å². The van der Waals surface area contributed by atoms with Gasteiger partial charge in [-0.3, -0.25) is 0 Å². The molecule has 0 aromatic rings. The summed E-state index contributed by atoms with van der Waals surface area (Å²) in [5.74, 6) is 0. The van der Waals surface area contributed by atoms with E-state index in [1.807, 2.05) is 0 Å². The molecule has 0 spiro atoms. The van der Waals surface area contributed by atoms with Gasteiger partial charge in [0.05, 0.1) is 0 Å². The van der Waals surface area contributed by atoms with Crippen LogP contribution >= 0.6 is 0 Å². The third kappa shape index (κ3) is 3.72. The SMILES string of the molecule is C1CNCN1.CO. The van der Waals surface area contributed by atoms with E-state index in [9.17, 15) is 0 Å². The highest BCUT2D eigenvalue weighted by Crippen LogP contribution is 1.62. The molecule has 0 radical (unpaired) electrons. The molecule has 1 aliphatic heterocycles. The molecule has 0 aromatic carbocycles. The summed E-state index contributed by atoms with van der Waals surface area (Å²) in [7, 11) is 1.00. The lowest BCUT2D eigenvalue weighted by molar-refractivity contribution is 0.399. The van der Waals surface area contributed by atoms with Crippen LogP contribution in [-0.4, -0.2) is 32.0 Å². The van der Waals surface area contributed by atoms with Gasteiger partial charge in [-0.1, -0.05) is 0 Å². The number of hydrogen-bond donors (Lipinski definition) is 3. The minimum absolute atomic E-state index is 1.00. The Balaban J connectivity index is 0.000000162. The largest absolute Gasteiger partial charge is 0.400 e. The van der Waals surface area contributed by atoms with Crippen LogP contribution in [0.1, 0.15) is 0 Å². The zero-order chi connectivity index (χ0) is 5.54. The Morgan fingerprint density at radius 1 is 1.14 bits per heavy atom. The smallest absolute Gasteiger partial charge is 0.0455 e. The van der Waals surface area contributed by atoms with Crippen molar-refractivity contribution in [3.8, 4) is 0 Å². The van der Waals surface area contributed by atoms with Gasteiger partial charge in [0.2, 0.25) is 0 Å². The Hall–Kier alpha value is -0.120. The van der Waals surface area contributed by atoms with E-state index in [2.05, 4.69) is 10.6 Å². The van der Waals surface area contributed by atoms with Gasteiger partial charge < -0.3 is 15.7 Å². The molecule has 0 saturated carbocycles. The molecule has 1 rings (SSSR count). The Bertz CT molecular complexity index is 21.3. The molecule has 1 fully saturated rings. The van der Waals surface area contributed by atoms with Crippen LogP contribution in [0.15, 0.2) is 0 Å². The predicted octanol–water partition coefficient (Wildman–Crippen LogP) is -1.25. The van der Waals surface area contributed by atoms with E-state index < -0.39 is 0 Å². The van der Waals surface area contributed by atoms with Crippen molar-refractivity contribution in [3.05, 3.63) is 0 Å². The van der Waals surface area contributed by atoms with Crippen molar-refractivity contribution in [1.82, 2.24) is 10.6 Å². The van der Waals surface area contributed by atoms with Gasteiger partial charge >= 0.3 is 0 Å². The number of hydrogen-bond acceptors (Lipinski definition) is 3. The average Bonchev–Trinajstić information content (AvgIpc) is 2.23. The van der Waals surface area contributed by atoms with E-state index >= 15 is 0 Å². The summed E-state index contributed by atoms with van der Waals surface area (Å²) < 4.78 is 0. The monoisotopic (exact) mass is 104 g/mol. The van der Waals surface area contributed by atoms with E-state index in [0.29, 0.717) is 0 Å². The first-order chi connectivity index (χ1) is 3.50. The van der Waals surface area contributed by atoms with Crippen molar-refractivity contribution >= 4 is 0 Å². The second-order valence-electron chi connectivity index (χ2n) is 1.18. The van der Waals surface area contributed by atoms with Gasteiger partial charge in [0.25, 0.3) is 0 Å². The molecule has 1 saturated heterocycles.